The van der Waals surface area contributed by atoms with Gasteiger partial charge in [0, 0.05) is 25.2 Å². The van der Waals surface area contributed by atoms with E-state index in [1.807, 2.05) is 0 Å². The summed E-state index contributed by atoms with van der Waals surface area (Å²) in [5, 5.41) is 2.98. The fourth-order valence-corrected chi connectivity index (χ4v) is 3.04. The standard InChI is InChI=1S/C14H26N2O2/c1-10(2)11-7-12(15-14(17)18-3)9-16(8-11)13-5-4-6-13/h10-13H,4-9H2,1-3H3,(H,15,17). The molecule has 18 heavy (non-hydrogen) atoms. The summed E-state index contributed by atoms with van der Waals surface area (Å²) < 4.78 is 4.72. The molecule has 0 radical (unpaired) electrons. The molecule has 2 atom stereocenters. The van der Waals surface area contributed by atoms with Crippen molar-refractivity contribution in [3.63, 3.8) is 0 Å². The third-order valence-electron chi connectivity index (χ3n) is 4.55. The third kappa shape index (κ3) is 3.16. The van der Waals surface area contributed by atoms with Crippen LogP contribution in [0, 0.1) is 11.8 Å². The summed E-state index contributed by atoms with van der Waals surface area (Å²) in [6.45, 7) is 6.75. The average molecular weight is 254 g/mol. The minimum atomic E-state index is -0.294. The lowest BCUT2D eigenvalue weighted by Gasteiger charge is -2.46. The first-order valence-corrected chi connectivity index (χ1v) is 7.18. The van der Waals surface area contributed by atoms with Gasteiger partial charge in [-0.1, -0.05) is 20.3 Å². The van der Waals surface area contributed by atoms with Crippen molar-refractivity contribution >= 4 is 6.09 Å². The summed E-state index contributed by atoms with van der Waals surface area (Å²) in [7, 11) is 1.43. The first kappa shape index (κ1) is 13.7. The van der Waals surface area contributed by atoms with Crippen molar-refractivity contribution in [3.8, 4) is 0 Å². The fourth-order valence-electron chi connectivity index (χ4n) is 3.04. The molecule has 0 bridgehead atoms. The van der Waals surface area contributed by atoms with Gasteiger partial charge in [-0.2, -0.15) is 0 Å². The molecule has 4 heteroatoms. The van der Waals surface area contributed by atoms with E-state index in [2.05, 4.69) is 24.1 Å². The number of likely N-dealkylation sites (tertiary alicyclic amines) is 1. The van der Waals surface area contributed by atoms with Crippen LogP contribution in [0.4, 0.5) is 4.79 Å². The molecule has 104 valence electrons. The number of hydrogen-bond donors (Lipinski definition) is 1. The van der Waals surface area contributed by atoms with Gasteiger partial charge in [0.25, 0.3) is 0 Å². The predicted molar refractivity (Wildman–Crippen MR) is 71.5 cm³/mol. The second kappa shape index (κ2) is 5.91. The minimum Gasteiger partial charge on any atom is -0.453 e. The molecule has 0 aromatic rings. The topological polar surface area (TPSA) is 41.6 Å². The Morgan fingerprint density at radius 2 is 2.06 bits per heavy atom. The quantitative estimate of drug-likeness (QED) is 0.840. The van der Waals surface area contributed by atoms with Gasteiger partial charge < -0.3 is 10.1 Å². The number of nitrogens with one attached hydrogen (secondary N) is 1. The Kier molecular flexibility index (Phi) is 4.49. The minimum absolute atomic E-state index is 0.249. The van der Waals surface area contributed by atoms with Crippen LogP contribution < -0.4 is 5.32 Å². The highest BCUT2D eigenvalue weighted by atomic mass is 16.5. The van der Waals surface area contributed by atoms with E-state index in [1.54, 1.807) is 0 Å². The van der Waals surface area contributed by atoms with Crippen molar-refractivity contribution in [2.75, 3.05) is 20.2 Å². The number of piperidine rings is 1. The predicted octanol–water partition coefficient (Wildman–Crippen LogP) is 2.24. The molecule has 0 spiro atoms. The normalized spacial score (nSPS) is 30.0. The van der Waals surface area contributed by atoms with Gasteiger partial charge in [-0.15, -0.1) is 0 Å². The molecule has 1 aliphatic carbocycles. The van der Waals surface area contributed by atoms with E-state index in [9.17, 15) is 4.79 Å². The maximum atomic E-state index is 11.4. The van der Waals surface area contributed by atoms with Crippen LogP contribution in [0.25, 0.3) is 0 Å². The van der Waals surface area contributed by atoms with Crippen molar-refractivity contribution < 1.29 is 9.53 Å². The van der Waals surface area contributed by atoms with E-state index in [1.165, 1.54) is 32.9 Å². The first-order chi connectivity index (χ1) is 8.60. The molecule has 1 saturated heterocycles. The lowest BCUT2D eigenvalue weighted by Crippen LogP contribution is -2.56. The Morgan fingerprint density at radius 1 is 1.33 bits per heavy atom. The van der Waals surface area contributed by atoms with E-state index in [0.717, 1.165) is 19.0 Å². The van der Waals surface area contributed by atoms with Gasteiger partial charge in [-0.25, -0.2) is 4.79 Å². The number of ether oxygens (including phenoxy) is 1. The molecule has 2 aliphatic rings. The van der Waals surface area contributed by atoms with Crippen LogP contribution in [0.2, 0.25) is 0 Å². The maximum absolute atomic E-state index is 11.4. The zero-order valence-electron chi connectivity index (χ0n) is 11.8. The van der Waals surface area contributed by atoms with Gasteiger partial charge in [0.15, 0.2) is 0 Å². The van der Waals surface area contributed by atoms with Crippen molar-refractivity contribution in [1.29, 1.82) is 0 Å². The molecule has 1 amide bonds. The van der Waals surface area contributed by atoms with Crippen LogP contribution in [-0.4, -0.2) is 43.3 Å². The van der Waals surface area contributed by atoms with E-state index >= 15 is 0 Å². The number of nitrogens with zero attached hydrogens (tertiary/aromatic N) is 1. The number of amides is 1. The van der Waals surface area contributed by atoms with Crippen LogP contribution in [0.5, 0.6) is 0 Å². The van der Waals surface area contributed by atoms with Crippen LogP contribution in [0.15, 0.2) is 0 Å². The van der Waals surface area contributed by atoms with Gasteiger partial charge in [0.1, 0.15) is 0 Å². The monoisotopic (exact) mass is 254 g/mol. The summed E-state index contributed by atoms with van der Waals surface area (Å²) in [6.07, 6.45) is 4.81. The molecular formula is C14H26N2O2. The Morgan fingerprint density at radius 3 is 2.56 bits per heavy atom. The van der Waals surface area contributed by atoms with Crippen molar-refractivity contribution in [3.05, 3.63) is 0 Å². The van der Waals surface area contributed by atoms with E-state index < -0.39 is 0 Å². The highest BCUT2D eigenvalue weighted by Crippen LogP contribution is 2.31. The molecule has 1 aliphatic heterocycles. The molecule has 0 aromatic heterocycles. The highest BCUT2D eigenvalue weighted by Gasteiger charge is 2.35. The Bertz CT molecular complexity index is 290. The molecule has 1 N–H and O–H groups in total. The van der Waals surface area contributed by atoms with E-state index in [0.29, 0.717) is 11.8 Å². The number of rotatable bonds is 3. The molecule has 2 rings (SSSR count). The highest BCUT2D eigenvalue weighted by molar-refractivity contribution is 5.67. The van der Waals surface area contributed by atoms with Crippen molar-refractivity contribution in [2.24, 2.45) is 11.8 Å². The molecular weight excluding hydrogens is 228 g/mol. The molecule has 1 heterocycles. The Labute approximate surface area is 110 Å². The van der Waals surface area contributed by atoms with Gasteiger partial charge in [-0.3, -0.25) is 4.90 Å². The van der Waals surface area contributed by atoms with Gasteiger partial charge in [0.05, 0.1) is 7.11 Å². The molecule has 2 unspecified atom stereocenters. The molecule has 0 aromatic carbocycles. The Hall–Kier alpha value is -0.770. The number of carbonyl (C=O) groups is 1. The summed E-state index contributed by atoms with van der Waals surface area (Å²) in [4.78, 5) is 13.9. The van der Waals surface area contributed by atoms with Gasteiger partial charge >= 0.3 is 6.09 Å². The lowest BCUT2D eigenvalue weighted by atomic mass is 9.82. The fraction of sp³-hybridized carbons (Fsp3) is 0.929. The second-order valence-corrected chi connectivity index (χ2v) is 6.11. The van der Waals surface area contributed by atoms with Crippen molar-refractivity contribution in [2.45, 2.75) is 51.6 Å². The zero-order valence-corrected chi connectivity index (χ0v) is 11.8. The van der Waals surface area contributed by atoms with Gasteiger partial charge in [0.2, 0.25) is 0 Å². The van der Waals surface area contributed by atoms with Crippen LogP contribution in [-0.2, 0) is 4.74 Å². The van der Waals surface area contributed by atoms with Crippen LogP contribution in [0.1, 0.15) is 39.5 Å². The number of alkyl carbamates (subject to hydrolysis) is 1. The second-order valence-electron chi connectivity index (χ2n) is 6.11. The summed E-state index contributed by atoms with van der Waals surface area (Å²) in [5.74, 6) is 1.36. The lowest BCUT2D eigenvalue weighted by molar-refractivity contribution is 0.0444. The smallest absolute Gasteiger partial charge is 0.407 e. The number of methoxy groups -OCH3 is 1. The van der Waals surface area contributed by atoms with Crippen LogP contribution >= 0.6 is 0 Å². The largest absolute Gasteiger partial charge is 0.453 e. The maximum Gasteiger partial charge on any atom is 0.407 e. The Balaban J connectivity index is 1.94. The van der Waals surface area contributed by atoms with Gasteiger partial charge in [-0.05, 0) is 31.1 Å². The summed E-state index contributed by atoms with van der Waals surface area (Å²) in [5.41, 5.74) is 0. The average Bonchev–Trinajstić information content (AvgIpc) is 2.26. The first-order valence-electron chi connectivity index (χ1n) is 7.18. The number of carbonyl (C=O) groups excluding carboxylic acids is 1. The zero-order chi connectivity index (χ0) is 13.1. The SMILES string of the molecule is COC(=O)NC1CC(C(C)C)CN(C2CCC2)C1. The summed E-state index contributed by atoms with van der Waals surface area (Å²) >= 11 is 0. The van der Waals surface area contributed by atoms with E-state index in [-0.39, 0.29) is 12.1 Å². The molecule has 1 saturated carbocycles. The molecule has 2 fully saturated rings. The van der Waals surface area contributed by atoms with Crippen LogP contribution in [0.3, 0.4) is 0 Å². The van der Waals surface area contributed by atoms with Crippen molar-refractivity contribution in [1.82, 2.24) is 10.2 Å². The third-order valence-corrected chi connectivity index (χ3v) is 4.55. The van der Waals surface area contributed by atoms with E-state index in [4.69, 9.17) is 4.74 Å². The molecule has 4 nitrogen and oxygen atoms in total. The number of hydrogen-bond acceptors (Lipinski definition) is 3. The summed E-state index contributed by atoms with van der Waals surface area (Å²) in [6, 6.07) is 1.01.